The van der Waals surface area contributed by atoms with Crippen molar-refractivity contribution in [2.75, 3.05) is 6.61 Å². The van der Waals surface area contributed by atoms with Crippen LogP contribution in [0.1, 0.15) is 12.1 Å². The zero-order valence-electron chi connectivity index (χ0n) is 5.83. The van der Waals surface area contributed by atoms with E-state index in [2.05, 4.69) is 4.98 Å². The summed E-state index contributed by atoms with van der Waals surface area (Å²) in [5.41, 5.74) is 1.05. The lowest BCUT2D eigenvalue weighted by Crippen LogP contribution is -1.91. The average Bonchev–Trinajstić information content (AvgIpc) is 2.03. The van der Waals surface area contributed by atoms with E-state index in [0.29, 0.717) is 0 Å². The van der Waals surface area contributed by atoms with E-state index in [9.17, 15) is 0 Å². The Labute approximate surface area is 60.5 Å². The highest BCUT2D eigenvalue weighted by Crippen LogP contribution is 1.96. The molecule has 0 saturated heterocycles. The van der Waals surface area contributed by atoms with E-state index in [1.165, 1.54) is 0 Å². The topological polar surface area (TPSA) is 33.1 Å². The van der Waals surface area contributed by atoms with Gasteiger partial charge in [0.15, 0.2) is 0 Å². The minimum atomic E-state index is 0.247. The normalized spacial score (nSPS) is 9.70. The third-order valence-electron chi connectivity index (χ3n) is 1.32. The van der Waals surface area contributed by atoms with Gasteiger partial charge in [-0.25, -0.2) is 0 Å². The van der Waals surface area contributed by atoms with Gasteiger partial charge in [0.1, 0.15) is 0 Å². The molecule has 0 saturated carbocycles. The summed E-state index contributed by atoms with van der Waals surface area (Å²) >= 11 is 0. The van der Waals surface area contributed by atoms with E-state index in [0.717, 1.165) is 18.5 Å². The lowest BCUT2D eigenvalue weighted by molar-refractivity contribution is 0.288. The van der Waals surface area contributed by atoms with Gasteiger partial charge in [0, 0.05) is 18.5 Å². The van der Waals surface area contributed by atoms with Gasteiger partial charge in [-0.15, -0.1) is 0 Å². The molecule has 0 aliphatic carbocycles. The standard InChI is InChI=1S/C8H11NO/c10-7-3-5-8-4-1-2-6-9-8/h1-2,4,6,10H,3,5,7H2. The summed E-state index contributed by atoms with van der Waals surface area (Å²) in [7, 11) is 0. The van der Waals surface area contributed by atoms with E-state index in [4.69, 9.17) is 5.11 Å². The third-order valence-corrected chi connectivity index (χ3v) is 1.32. The molecular weight excluding hydrogens is 126 g/mol. The van der Waals surface area contributed by atoms with Gasteiger partial charge in [-0.2, -0.15) is 0 Å². The first kappa shape index (κ1) is 7.22. The molecule has 10 heavy (non-hydrogen) atoms. The van der Waals surface area contributed by atoms with Crippen LogP contribution in [0.25, 0.3) is 0 Å². The summed E-state index contributed by atoms with van der Waals surface area (Å²) in [6, 6.07) is 5.82. The van der Waals surface area contributed by atoms with Crippen LogP contribution in [0.15, 0.2) is 24.4 Å². The van der Waals surface area contributed by atoms with E-state index in [-0.39, 0.29) is 6.61 Å². The molecule has 0 radical (unpaired) electrons. The summed E-state index contributed by atoms with van der Waals surface area (Å²) in [5.74, 6) is 0. The maximum Gasteiger partial charge on any atom is 0.0434 e. The van der Waals surface area contributed by atoms with E-state index >= 15 is 0 Å². The number of nitrogens with zero attached hydrogens (tertiary/aromatic N) is 1. The van der Waals surface area contributed by atoms with E-state index < -0.39 is 0 Å². The molecule has 0 atom stereocenters. The maximum absolute atomic E-state index is 8.50. The van der Waals surface area contributed by atoms with Gasteiger partial charge < -0.3 is 5.11 Å². The number of hydrogen-bond acceptors (Lipinski definition) is 2. The fourth-order valence-electron chi connectivity index (χ4n) is 0.806. The summed E-state index contributed by atoms with van der Waals surface area (Å²) in [5, 5.41) is 8.50. The molecule has 2 nitrogen and oxygen atoms in total. The van der Waals surface area contributed by atoms with Crippen molar-refractivity contribution in [3.63, 3.8) is 0 Å². The van der Waals surface area contributed by atoms with Crippen molar-refractivity contribution < 1.29 is 5.11 Å². The van der Waals surface area contributed by atoms with Gasteiger partial charge >= 0.3 is 0 Å². The molecule has 0 aliphatic heterocycles. The van der Waals surface area contributed by atoms with Crippen molar-refractivity contribution in [2.24, 2.45) is 0 Å². The zero-order chi connectivity index (χ0) is 7.23. The van der Waals surface area contributed by atoms with Crippen molar-refractivity contribution >= 4 is 0 Å². The highest BCUT2D eigenvalue weighted by Gasteiger charge is 1.89. The molecule has 0 aromatic carbocycles. The second-order valence-corrected chi connectivity index (χ2v) is 2.15. The number of aliphatic hydroxyl groups excluding tert-OH is 1. The van der Waals surface area contributed by atoms with Crippen LogP contribution in [0.2, 0.25) is 0 Å². The van der Waals surface area contributed by atoms with Gasteiger partial charge in [-0.05, 0) is 25.0 Å². The number of aromatic nitrogens is 1. The molecule has 0 spiro atoms. The molecule has 1 rings (SSSR count). The Kier molecular flexibility index (Phi) is 2.90. The second-order valence-electron chi connectivity index (χ2n) is 2.15. The number of rotatable bonds is 3. The van der Waals surface area contributed by atoms with Gasteiger partial charge in [0.25, 0.3) is 0 Å². The highest BCUT2D eigenvalue weighted by atomic mass is 16.2. The lowest BCUT2D eigenvalue weighted by atomic mass is 10.2. The molecule has 1 heterocycles. The monoisotopic (exact) mass is 137 g/mol. The Bertz CT molecular complexity index is 174. The second kappa shape index (κ2) is 4.01. The molecule has 0 amide bonds. The van der Waals surface area contributed by atoms with E-state index in [1.807, 2.05) is 18.2 Å². The summed E-state index contributed by atoms with van der Waals surface area (Å²) in [4.78, 5) is 4.11. The highest BCUT2D eigenvalue weighted by molar-refractivity contribution is 5.03. The Morgan fingerprint density at radius 3 is 2.90 bits per heavy atom. The Balaban J connectivity index is 2.43. The molecule has 0 bridgehead atoms. The molecule has 0 aliphatic rings. The van der Waals surface area contributed by atoms with Gasteiger partial charge in [0.05, 0.1) is 0 Å². The van der Waals surface area contributed by atoms with Gasteiger partial charge in [-0.1, -0.05) is 6.07 Å². The van der Waals surface area contributed by atoms with Crippen LogP contribution in [0.5, 0.6) is 0 Å². The molecule has 2 heteroatoms. The minimum Gasteiger partial charge on any atom is -0.396 e. The van der Waals surface area contributed by atoms with Gasteiger partial charge in [-0.3, -0.25) is 4.98 Å². The van der Waals surface area contributed by atoms with Crippen LogP contribution in [0, 0.1) is 0 Å². The fraction of sp³-hybridized carbons (Fsp3) is 0.375. The largest absolute Gasteiger partial charge is 0.396 e. The predicted molar refractivity (Wildman–Crippen MR) is 39.6 cm³/mol. The van der Waals surface area contributed by atoms with Crippen molar-refractivity contribution in [3.05, 3.63) is 30.1 Å². The molecular formula is C8H11NO. The zero-order valence-corrected chi connectivity index (χ0v) is 5.83. The van der Waals surface area contributed by atoms with Crippen LogP contribution < -0.4 is 0 Å². The molecule has 1 aromatic heterocycles. The Morgan fingerprint density at radius 2 is 2.30 bits per heavy atom. The first-order valence-corrected chi connectivity index (χ1v) is 3.44. The summed E-state index contributed by atoms with van der Waals surface area (Å²) < 4.78 is 0. The fourth-order valence-corrected chi connectivity index (χ4v) is 0.806. The van der Waals surface area contributed by atoms with Crippen LogP contribution in [0.4, 0.5) is 0 Å². The SMILES string of the molecule is OCCCc1ccccn1. The number of pyridine rings is 1. The Morgan fingerprint density at radius 1 is 1.40 bits per heavy atom. The van der Waals surface area contributed by atoms with Crippen LogP contribution >= 0.6 is 0 Å². The minimum absolute atomic E-state index is 0.247. The maximum atomic E-state index is 8.50. The number of hydrogen-bond donors (Lipinski definition) is 1. The number of aryl methyl sites for hydroxylation is 1. The third kappa shape index (κ3) is 2.15. The average molecular weight is 137 g/mol. The Hall–Kier alpha value is -0.890. The number of aliphatic hydroxyl groups is 1. The van der Waals surface area contributed by atoms with E-state index in [1.54, 1.807) is 6.20 Å². The molecule has 0 fully saturated rings. The first-order valence-electron chi connectivity index (χ1n) is 3.44. The smallest absolute Gasteiger partial charge is 0.0434 e. The molecule has 54 valence electrons. The van der Waals surface area contributed by atoms with Crippen LogP contribution in [0.3, 0.4) is 0 Å². The predicted octanol–water partition coefficient (Wildman–Crippen LogP) is 1.01. The quantitative estimate of drug-likeness (QED) is 0.674. The van der Waals surface area contributed by atoms with Crippen molar-refractivity contribution in [3.8, 4) is 0 Å². The van der Waals surface area contributed by atoms with Crippen LogP contribution in [-0.2, 0) is 6.42 Å². The van der Waals surface area contributed by atoms with Crippen molar-refractivity contribution in [1.29, 1.82) is 0 Å². The molecule has 0 unspecified atom stereocenters. The molecule has 1 N–H and O–H groups in total. The summed E-state index contributed by atoms with van der Waals surface area (Å²) in [6.45, 7) is 0.247. The molecule has 1 aromatic rings. The van der Waals surface area contributed by atoms with Crippen LogP contribution in [-0.4, -0.2) is 16.7 Å². The van der Waals surface area contributed by atoms with Crippen molar-refractivity contribution in [1.82, 2.24) is 4.98 Å². The van der Waals surface area contributed by atoms with Gasteiger partial charge in [0.2, 0.25) is 0 Å². The lowest BCUT2D eigenvalue weighted by Gasteiger charge is -1.95. The first-order chi connectivity index (χ1) is 4.93. The summed E-state index contributed by atoms with van der Waals surface area (Å²) in [6.07, 6.45) is 3.45. The van der Waals surface area contributed by atoms with Crippen molar-refractivity contribution in [2.45, 2.75) is 12.8 Å².